The van der Waals surface area contributed by atoms with Gasteiger partial charge in [-0.05, 0) is 54.2 Å². The van der Waals surface area contributed by atoms with E-state index in [0.29, 0.717) is 37.4 Å². The van der Waals surface area contributed by atoms with E-state index < -0.39 is 10.0 Å². The second kappa shape index (κ2) is 9.92. The van der Waals surface area contributed by atoms with E-state index in [2.05, 4.69) is 26.1 Å². The number of nitrogens with zero attached hydrogens (tertiary/aromatic N) is 1. The number of carbonyl (C=O) groups excluding carboxylic acids is 1. The van der Waals surface area contributed by atoms with Gasteiger partial charge in [-0.1, -0.05) is 39.0 Å². The standard InChI is InChI=1S/C24H32N2O5S/c1-24(2,3)21-7-5-6-8-22(21)31-17-23(27)25-18-13-15-26(16-14-18)32(28,29)20-11-9-19(30-4)10-12-20/h5-12,18H,13-17H2,1-4H3,(H,25,27). The second-order valence-corrected chi connectivity index (χ2v) is 10.9. The zero-order chi connectivity index (χ0) is 23.4. The Morgan fingerprint density at radius 3 is 2.28 bits per heavy atom. The van der Waals surface area contributed by atoms with Gasteiger partial charge in [0.2, 0.25) is 10.0 Å². The van der Waals surface area contributed by atoms with Gasteiger partial charge in [0.05, 0.1) is 12.0 Å². The molecule has 1 aliphatic rings. The Balaban J connectivity index is 1.51. The molecule has 0 aromatic heterocycles. The number of ether oxygens (including phenoxy) is 2. The Kier molecular flexibility index (Phi) is 7.46. The Bertz CT molecular complexity index is 1020. The fourth-order valence-electron chi connectivity index (χ4n) is 3.76. The Hall–Kier alpha value is -2.58. The molecule has 0 bridgehead atoms. The summed E-state index contributed by atoms with van der Waals surface area (Å²) >= 11 is 0. The van der Waals surface area contributed by atoms with Gasteiger partial charge in [0.15, 0.2) is 6.61 Å². The lowest BCUT2D eigenvalue weighted by atomic mass is 9.86. The summed E-state index contributed by atoms with van der Waals surface area (Å²) in [4.78, 5) is 12.7. The number of rotatable bonds is 7. The van der Waals surface area contributed by atoms with Crippen LogP contribution >= 0.6 is 0 Å². The minimum atomic E-state index is -3.56. The monoisotopic (exact) mass is 460 g/mol. The molecule has 1 amide bonds. The molecule has 1 heterocycles. The first-order valence-corrected chi connectivity index (χ1v) is 12.2. The fraction of sp³-hybridized carbons (Fsp3) is 0.458. The summed E-state index contributed by atoms with van der Waals surface area (Å²) in [5.74, 6) is 1.11. The smallest absolute Gasteiger partial charge is 0.258 e. The Morgan fingerprint density at radius 2 is 1.69 bits per heavy atom. The number of carbonyl (C=O) groups is 1. The Labute approximate surface area is 190 Å². The molecule has 0 unspecified atom stereocenters. The number of hydrogen-bond donors (Lipinski definition) is 1. The summed E-state index contributed by atoms with van der Waals surface area (Å²) in [5.41, 5.74) is 0.958. The van der Waals surface area contributed by atoms with Crippen LogP contribution in [-0.2, 0) is 20.2 Å². The van der Waals surface area contributed by atoms with Gasteiger partial charge in [0.1, 0.15) is 11.5 Å². The molecule has 0 saturated carbocycles. The third kappa shape index (κ3) is 5.81. The highest BCUT2D eigenvalue weighted by Crippen LogP contribution is 2.31. The van der Waals surface area contributed by atoms with Crippen molar-refractivity contribution in [1.82, 2.24) is 9.62 Å². The van der Waals surface area contributed by atoms with Gasteiger partial charge in [-0.3, -0.25) is 4.79 Å². The molecule has 0 radical (unpaired) electrons. The van der Waals surface area contributed by atoms with E-state index in [1.54, 1.807) is 24.3 Å². The number of sulfonamides is 1. The van der Waals surface area contributed by atoms with Crippen molar-refractivity contribution < 1.29 is 22.7 Å². The fourth-order valence-corrected chi connectivity index (χ4v) is 5.23. The zero-order valence-corrected chi connectivity index (χ0v) is 19.9. The molecule has 0 spiro atoms. The third-order valence-corrected chi connectivity index (χ3v) is 7.48. The first-order valence-electron chi connectivity index (χ1n) is 10.8. The summed E-state index contributed by atoms with van der Waals surface area (Å²) in [6.45, 7) is 6.94. The van der Waals surface area contributed by atoms with Crippen LogP contribution in [0.25, 0.3) is 0 Å². The Morgan fingerprint density at radius 1 is 1.06 bits per heavy atom. The molecule has 3 rings (SSSR count). The number of benzene rings is 2. The van der Waals surface area contributed by atoms with Crippen molar-refractivity contribution in [1.29, 1.82) is 0 Å². The molecule has 32 heavy (non-hydrogen) atoms. The molecular formula is C24H32N2O5S. The van der Waals surface area contributed by atoms with Crippen molar-refractivity contribution in [3.63, 3.8) is 0 Å². The first-order chi connectivity index (χ1) is 15.1. The molecule has 1 fully saturated rings. The summed E-state index contributed by atoms with van der Waals surface area (Å²) in [7, 11) is -2.02. The molecule has 0 aliphatic carbocycles. The topological polar surface area (TPSA) is 84.9 Å². The summed E-state index contributed by atoms with van der Waals surface area (Å²) in [5, 5.41) is 2.97. The van der Waals surface area contributed by atoms with Crippen LogP contribution in [0.2, 0.25) is 0 Å². The lowest BCUT2D eigenvalue weighted by molar-refractivity contribution is -0.124. The maximum absolute atomic E-state index is 12.9. The van der Waals surface area contributed by atoms with Gasteiger partial charge in [-0.25, -0.2) is 8.42 Å². The number of piperidine rings is 1. The lowest BCUT2D eigenvalue weighted by Crippen LogP contribution is -2.47. The largest absolute Gasteiger partial charge is 0.497 e. The average molecular weight is 461 g/mol. The molecule has 1 aliphatic heterocycles. The van der Waals surface area contributed by atoms with E-state index in [0.717, 1.165) is 5.56 Å². The summed E-state index contributed by atoms with van der Waals surface area (Å²) in [6.07, 6.45) is 1.11. The van der Waals surface area contributed by atoms with Gasteiger partial charge in [-0.2, -0.15) is 4.31 Å². The predicted molar refractivity (Wildman–Crippen MR) is 124 cm³/mol. The van der Waals surface area contributed by atoms with E-state index >= 15 is 0 Å². The van der Waals surface area contributed by atoms with Gasteiger partial charge in [0.25, 0.3) is 5.91 Å². The molecule has 2 aromatic rings. The minimum Gasteiger partial charge on any atom is -0.497 e. The van der Waals surface area contributed by atoms with Crippen molar-refractivity contribution >= 4 is 15.9 Å². The highest BCUT2D eigenvalue weighted by atomic mass is 32.2. The van der Waals surface area contributed by atoms with Crippen LogP contribution < -0.4 is 14.8 Å². The van der Waals surface area contributed by atoms with Crippen molar-refractivity contribution in [3.05, 3.63) is 54.1 Å². The van der Waals surface area contributed by atoms with Crippen LogP contribution in [0.3, 0.4) is 0 Å². The van der Waals surface area contributed by atoms with E-state index in [9.17, 15) is 13.2 Å². The number of methoxy groups -OCH3 is 1. The van der Waals surface area contributed by atoms with Gasteiger partial charge in [-0.15, -0.1) is 0 Å². The number of nitrogens with one attached hydrogen (secondary N) is 1. The summed E-state index contributed by atoms with van der Waals surface area (Å²) < 4.78 is 38.1. The van der Waals surface area contributed by atoms with Gasteiger partial charge in [0, 0.05) is 19.1 Å². The molecule has 1 saturated heterocycles. The van der Waals surface area contributed by atoms with Gasteiger partial charge >= 0.3 is 0 Å². The van der Waals surface area contributed by atoms with Crippen LogP contribution in [-0.4, -0.2) is 51.5 Å². The van der Waals surface area contributed by atoms with E-state index in [4.69, 9.17) is 9.47 Å². The normalized spacial score (nSPS) is 15.9. The number of amides is 1. The lowest BCUT2D eigenvalue weighted by Gasteiger charge is -2.31. The van der Waals surface area contributed by atoms with Crippen molar-refractivity contribution in [2.24, 2.45) is 0 Å². The van der Waals surface area contributed by atoms with Crippen molar-refractivity contribution in [2.75, 3.05) is 26.8 Å². The van der Waals surface area contributed by atoms with Crippen LogP contribution in [0, 0.1) is 0 Å². The van der Waals surface area contributed by atoms with Crippen LogP contribution in [0.15, 0.2) is 53.4 Å². The van der Waals surface area contributed by atoms with Crippen LogP contribution in [0.4, 0.5) is 0 Å². The van der Waals surface area contributed by atoms with E-state index in [1.807, 2.05) is 24.3 Å². The predicted octanol–water partition coefficient (Wildman–Crippen LogP) is 3.34. The molecular weight excluding hydrogens is 428 g/mol. The quantitative estimate of drug-likeness (QED) is 0.685. The average Bonchev–Trinajstić information content (AvgIpc) is 2.77. The molecule has 174 valence electrons. The zero-order valence-electron chi connectivity index (χ0n) is 19.1. The minimum absolute atomic E-state index is 0.0720. The molecule has 1 N–H and O–H groups in total. The molecule has 0 atom stereocenters. The molecule has 7 nitrogen and oxygen atoms in total. The van der Waals surface area contributed by atoms with Gasteiger partial charge < -0.3 is 14.8 Å². The maximum Gasteiger partial charge on any atom is 0.258 e. The first kappa shape index (κ1) is 24.1. The van der Waals surface area contributed by atoms with E-state index in [1.165, 1.54) is 11.4 Å². The number of hydrogen-bond acceptors (Lipinski definition) is 5. The van der Waals surface area contributed by atoms with Crippen molar-refractivity contribution in [2.45, 2.75) is 50.0 Å². The highest BCUT2D eigenvalue weighted by Gasteiger charge is 2.30. The maximum atomic E-state index is 12.9. The SMILES string of the molecule is COc1ccc(S(=O)(=O)N2CCC(NC(=O)COc3ccccc3C(C)(C)C)CC2)cc1. The third-order valence-electron chi connectivity index (χ3n) is 5.57. The highest BCUT2D eigenvalue weighted by molar-refractivity contribution is 7.89. The van der Waals surface area contributed by atoms with Crippen molar-refractivity contribution in [3.8, 4) is 11.5 Å². The molecule has 2 aromatic carbocycles. The van der Waals surface area contributed by atoms with Crippen LogP contribution in [0.1, 0.15) is 39.2 Å². The number of para-hydroxylation sites is 1. The van der Waals surface area contributed by atoms with Crippen LogP contribution in [0.5, 0.6) is 11.5 Å². The second-order valence-electron chi connectivity index (χ2n) is 8.96. The molecule has 8 heteroatoms. The summed E-state index contributed by atoms with van der Waals surface area (Å²) in [6, 6.07) is 14.0. The van der Waals surface area contributed by atoms with E-state index in [-0.39, 0.29) is 28.9 Å².